The molecule has 0 spiro atoms. The van der Waals surface area contributed by atoms with Crippen molar-refractivity contribution < 1.29 is 4.79 Å². The standard InChI is InChI=1S/C6H12N2OS/c1-6(2)5(9)7(3)8(4)10-6/h1-4H3. The number of amides is 1. The Morgan fingerprint density at radius 3 is 2.00 bits per heavy atom. The van der Waals surface area contributed by atoms with Crippen LogP contribution in [-0.2, 0) is 4.79 Å². The third-order valence-electron chi connectivity index (χ3n) is 1.59. The van der Waals surface area contributed by atoms with Crippen molar-refractivity contribution in [2.24, 2.45) is 0 Å². The fraction of sp³-hybridized carbons (Fsp3) is 0.833. The summed E-state index contributed by atoms with van der Waals surface area (Å²) in [5.41, 5.74) is 0. The van der Waals surface area contributed by atoms with E-state index in [0.29, 0.717) is 0 Å². The second kappa shape index (κ2) is 2.13. The van der Waals surface area contributed by atoms with Crippen molar-refractivity contribution in [1.82, 2.24) is 9.42 Å². The van der Waals surface area contributed by atoms with Crippen molar-refractivity contribution >= 4 is 17.9 Å². The van der Waals surface area contributed by atoms with E-state index in [1.54, 1.807) is 24.0 Å². The maximum absolute atomic E-state index is 11.3. The van der Waals surface area contributed by atoms with Gasteiger partial charge < -0.3 is 0 Å². The molecule has 1 aliphatic heterocycles. The average Bonchev–Trinajstić information content (AvgIpc) is 1.95. The van der Waals surface area contributed by atoms with E-state index < -0.39 is 0 Å². The van der Waals surface area contributed by atoms with Gasteiger partial charge in [0, 0.05) is 14.1 Å². The Bertz CT molecular complexity index is 169. The van der Waals surface area contributed by atoms with E-state index in [2.05, 4.69) is 0 Å². The van der Waals surface area contributed by atoms with Crippen LogP contribution in [0.5, 0.6) is 0 Å². The first-order chi connectivity index (χ1) is 4.45. The van der Waals surface area contributed by atoms with Crippen LogP contribution in [0.4, 0.5) is 0 Å². The molecule has 0 aromatic carbocycles. The highest BCUT2D eigenvalue weighted by Gasteiger charge is 2.41. The molecule has 10 heavy (non-hydrogen) atoms. The van der Waals surface area contributed by atoms with Crippen LogP contribution in [0.1, 0.15) is 13.8 Å². The predicted octanol–water partition coefficient (Wildman–Crippen LogP) is 0.732. The molecule has 58 valence electrons. The molecular formula is C6H12N2OS. The molecule has 0 radical (unpaired) electrons. The average molecular weight is 160 g/mol. The first-order valence-electron chi connectivity index (χ1n) is 3.16. The highest BCUT2D eigenvalue weighted by molar-refractivity contribution is 7.99. The minimum absolute atomic E-state index is 0.167. The number of carbonyl (C=O) groups excluding carboxylic acids is 1. The van der Waals surface area contributed by atoms with Crippen molar-refractivity contribution in [1.29, 1.82) is 0 Å². The van der Waals surface area contributed by atoms with Gasteiger partial charge in [0.1, 0.15) is 4.75 Å². The van der Waals surface area contributed by atoms with Crippen molar-refractivity contribution in [2.75, 3.05) is 14.1 Å². The quantitative estimate of drug-likeness (QED) is 0.488. The molecule has 0 atom stereocenters. The summed E-state index contributed by atoms with van der Waals surface area (Å²) in [7, 11) is 3.67. The number of hydrazine groups is 1. The van der Waals surface area contributed by atoms with E-state index in [0.717, 1.165) is 0 Å². The summed E-state index contributed by atoms with van der Waals surface area (Å²) in [6.07, 6.45) is 0. The Kier molecular flexibility index (Phi) is 1.68. The van der Waals surface area contributed by atoms with Gasteiger partial charge in [-0.05, 0) is 25.8 Å². The Labute approximate surface area is 65.5 Å². The number of nitrogens with zero attached hydrogens (tertiary/aromatic N) is 2. The second-order valence-electron chi connectivity index (χ2n) is 2.89. The SMILES string of the molecule is CN1SC(C)(C)C(=O)N1C. The van der Waals surface area contributed by atoms with Gasteiger partial charge in [0.05, 0.1) is 0 Å². The zero-order valence-corrected chi connectivity index (χ0v) is 7.53. The number of carbonyl (C=O) groups is 1. The first-order valence-corrected chi connectivity index (χ1v) is 3.93. The summed E-state index contributed by atoms with van der Waals surface area (Å²) in [6.45, 7) is 3.86. The van der Waals surface area contributed by atoms with Gasteiger partial charge in [0.25, 0.3) is 5.91 Å². The normalized spacial score (nSPS) is 26.0. The van der Waals surface area contributed by atoms with Crippen LogP contribution in [0.3, 0.4) is 0 Å². The summed E-state index contributed by atoms with van der Waals surface area (Å²) in [5, 5.41) is 1.63. The van der Waals surface area contributed by atoms with E-state index in [4.69, 9.17) is 0 Å². The molecule has 1 aliphatic rings. The fourth-order valence-electron chi connectivity index (χ4n) is 0.948. The first kappa shape index (κ1) is 7.88. The van der Waals surface area contributed by atoms with Gasteiger partial charge in [-0.1, -0.05) is 0 Å². The predicted molar refractivity (Wildman–Crippen MR) is 42.2 cm³/mol. The molecule has 1 heterocycles. The largest absolute Gasteiger partial charge is 0.272 e. The van der Waals surface area contributed by atoms with Gasteiger partial charge in [-0.25, -0.2) is 0 Å². The van der Waals surface area contributed by atoms with Gasteiger partial charge in [-0.2, -0.15) is 4.41 Å². The topological polar surface area (TPSA) is 23.6 Å². The molecule has 4 heteroatoms. The molecule has 0 unspecified atom stereocenters. The van der Waals surface area contributed by atoms with Gasteiger partial charge in [-0.3, -0.25) is 9.80 Å². The van der Waals surface area contributed by atoms with Gasteiger partial charge in [-0.15, -0.1) is 0 Å². The molecule has 0 aromatic rings. The van der Waals surface area contributed by atoms with E-state index in [1.165, 1.54) is 0 Å². The van der Waals surface area contributed by atoms with Gasteiger partial charge in [0.2, 0.25) is 0 Å². The molecule has 0 N–H and O–H groups in total. The van der Waals surface area contributed by atoms with Crippen LogP contribution < -0.4 is 0 Å². The molecule has 1 rings (SSSR count). The lowest BCUT2D eigenvalue weighted by Gasteiger charge is -2.15. The number of hydrogen-bond acceptors (Lipinski definition) is 3. The van der Waals surface area contributed by atoms with E-state index in [-0.39, 0.29) is 10.7 Å². The second-order valence-corrected chi connectivity index (χ2v) is 4.63. The van der Waals surface area contributed by atoms with E-state index in [1.807, 2.05) is 25.3 Å². The fourth-order valence-corrected chi connectivity index (χ4v) is 2.02. The summed E-state index contributed by atoms with van der Waals surface area (Å²) >= 11 is 1.55. The molecule has 1 saturated heterocycles. The van der Waals surface area contributed by atoms with Crippen LogP contribution in [0.25, 0.3) is 0 Å². The molecular weight excluding hydrogens is 148 g/mol. The molecule has 0 aromatic heterocycles. The van der Waals surface area contributed by atoms with Gasteiger partial charge >= 0.3 is 0 Å². The Morgan fingerprint density at radius 1 is 1.40 bits per heavy atom. The van der Waals surface area contributed by atoms with Crippen LogP contribution >= 0.6 is 11.9 Å². The van der Waals surface area contributed by atoms with Crippen molar-refractivity contribution in [3.05, 3.63) is 0 Å². The smallest absolute Gasteiger partial charge is 0.254 e. The zero-order valence-electron chi connectivity index (χ0n) is 6.71. The highest BCUT2D eigenvalue weighted by atomic mass is 32.2. The zero-order chi connectivity index (χ0) is 7.94. The highest BCUT2D eigenvalue weighted by Crippen LogP contribution is 2.36. The summed E-state index contributed by atoms with van der Waals surface area (Å²) in [5.74, 6) is 0.167. The number of hydrogen-bond donors (Lipinski definition) is 0. The van der Waals surface area contributed by atoms with Crippen LogP contribution in [0.15, 0.2) is 0 Å². The molecule has 1 amide bonds. The Morgan fingerprint density at radius 2 is 1.90 bits per heavy atom. The maximum atomic E-state index is 11.3. The minimum atomic E-state index is -0.274. The summed E-state index contributed by atoms with van der Waals surface area (Å²) in [4.78, 5) is 11.3. The van der Waals surface area contributed by atoms with Crippen LogP contribution in [-0.4, -0.2) is 34.2 Å². The molecule has 0 bridgehead atoms. The van der Waals surface area contributed by atoms with Crippen LogP contribution in [0, 0.1) is 0 Å². The minimum Gasteiger partial charge on any atom is -0.272 e. The Balaban J connectivity index is 2.82. The Hall–Kier alpha value is -0.220. The van der Waals surface area contributed by atoms with E-state index >= 15 is 0 Å². The maximum Gasteiger partial charge on any atom is 0.254 e. The van der Waals surface area contributed by atoms with E-state index in [9.17, 15) is 4.79 Å². The lowest BCUT2D eigenvalue weighted by atomic mass is 10.2. The monoisotopic (exact) mass is 160 g/mol. The molecule has 0 aliphatic carbocycles. The molecule has 3 nitrogen and oxygen atoms in total. The molecule has 0 saturated carbocycles. The van der Waals surface area contributed by atoms with Crippen molar-refractivity contribution in [3.8, 4) is 0 Å². The third-order valence-corrected chi connectivity index (χ3v) is 2.73. The lowest BCUT2D eigenvalue weighted by molar-refractivity contribution is -0.136. The molecule has 1 fully saturated rings. The lowest BCUT2D eigenvalue weighted by Crippen LogP contribution is -2.34. The summed E-state index contributed by atoms with van der Waals surface area (Å²) in [6, 6.07) is 0. The number of rotatable bonds is 0. The third kappa shape index (κ3) is 1.01. The summed E-state index contributed by atoms with van der Waals surface area (Å²) < 4.78 is 1.58. The van der Waals surface area contributed by atoms with Crippen molar-refractivity contribution in [3.63, 3.8) is 0 Å². The van der Waals surface area contributed by atoms with Crippen molar-refractivity contribution in [2.45, 2.75) is 18.6 Å². The van der Waals surface area contributed by atoms with Gasteiger partial charge in [0.15, 0.2) is 0 Å². The van der Waals surface area contributed by atoms with Crippen LogP contribution in [0.2, 0.25) is 0 Å².